The van der Waals surface area contributed by atoms with E-state index in [1.54, 1.807) is 25.4 Å². The third kappa shape index (κ3) is 2.92. The van der Waals surface area contributed by atoms with Crippen LogP contribution in [0.25, 0.3) is 0 Å². The van der Waals surface area contributed by atoms with Gasteiger partial charge in [0.1, 0.15) is 0 Å². The van der Waals surface area contributed by atoms with Crippen molar-refractivity contribution in [3.05, 3.63) is 24.0 Å². The highest BCUT2D eigenvalue weighted by Crippen LogP contribution is 2.13. The molecule has 3 nitrogen and oxygen atoms in total. The molecule has 1 aromatic heterocycles. The van der Waals surface area contributed by atoms with Crippen molar-refractivity contribution >= 4 is 5.69 Å². The molecule has 0 aliphatic heterocycles. The molecule has 0 bridgehead atoms. The van der Waals surface area contributed by atoms with Crippen LogP contribution in [0, 0.1) is 0 Å². The zero-order chi connectivity index (χ0) is 10.6. The maximum atomic E-state index is 12.1. The maximum absolute atomic E-state index is 12.1. The molecule has 1 heterocycles. The Morgan fingerprint density at radius 1 is 1.57 bits per heavy atom. The molecule has 0 fully saturated rings. The third-order valence-corrected chi connectivity index (χ3v) is 1.86. The van der Waals surface area contributed by atoms with Crippen LogP contribution >= 0.6 is 0 Å². The summed E-state index contributed by atoms with van der Waals surface area (Å²) in [6.07, 6.45) is -0.769. The van der Waals surface area contributed by atoms with Crippen molar-refractivity contribution in [3.8, 4) is 0 Å². The van der Waals surface area contributed by atoms with Gasteiger partial charge in [-0.3, -0.25) is 4.98 Å². The number of hydrogen-bond acceptors (Lipinski definition) is 3. The van der Waals surface area contributed by atoms with E-state index in [4.69, 9.17) is 5.73 Å². The highest BCUT2D eigenvalue weighted by atomic mass is 19.3. The van der Waals surface area contributed by atoms with Gasteiger partial charge in [0.05, 0.1) is 12.2 Å². The largest absolute Gasteiger partial charge is 0.369 e. The number of pyridine rings is 1. The maximum Gasteiger partial charge on any atom is 0.255 e. The van der Waals surface area contributed by atoms with Crippen LogP contribution in [0.1, 0.15) is 5.69 Å². The predicted molar refractivity (Wildman–Crippen MR) is 51.4 cm³/mol. The SMILES string of the molecule is CN(CC(F)F)c1ccnc(CN)c1. The summed E-state index contributed by atoms with van der Waals surface area (Å²) >= 11 is 0. The van der Waals surface area contributed by atoms with Crippen molar-refractivity contribution in [2.45, 2.75) is 13.0 Å². The normalized spacial score (nSPS) is 10.6. The number of nitrogens with two attached hydrogens (primary N) is 1. The summed E-state index contributed by atoms with van der Waals surface area (Å²) < 4.78 is 24.1. The van der Waals surface area contributed by atoms with Crippen molar-refractivity contribution in [2.24, 2.45) is 5.73 Å². The summed E-state index contributed by atoms with van der Waals surface area (Å²) in [5, 5.41) is 0. The fraction of sp³-hybridized carbons (Fsp3) is 0.444. The molecule has 1 rings (SSSR count). The molecule has 1 aromatic rings. The molecule has 0 aromatic carbocycles. The minimum atomic E-state index is -2.34. The Hall–Kier alpha value is -1.23. The fourth-order valence-corrected chi connectivity index (χ4v) is 1.13. The standard InChI is InChI=1S/C9H13F2N3/c1-14(6-9(10)11)8-2-3-13-7(4-8)5-12/h2-4,9H,5-6,12H2,1H3. The molecule has 0 saturated heterocycles. The average molecular weight is 201 g/mol. The van der Waals surface area contributed by atoms with E-state index in [0.717, 1.165) is 0 Å². The van der Waals surface area contributed by atoms with Crippen LogP contribution < -0.4 is 10.6 Å². The summed E-state index contributed by atoms with van der Waals surface area (Å²) in [5.74, 6) is 0. The van der Waals surface area contributed by atoms with Crippen molar-refractivity contribution < 1.29 is 8.78 Å². The molecule has 0 spiro atoms. The van der Waals surface area contributed by atoms with Crippen LogP contribution in [0.15, 0.2) is 18.3 Å². The summed E-state index contributed by atoms with van der Waals surface area (Å²) in [5.41, 5.74) is 6.80. The Labute approximate surface area is 81.5 Å². The first-order valence-electron chi connectivity index (χ1n) is 4.27. The molecule has 0 aliphatic carbocycles. The number of hydrogen-bond donors (Lipinski definition) is 1. The molecule has 2 N–H and O–H groups in total. The second kappa shape index (κ2) is 4.85. The van der Waals surface area contributed by atoms with Crippen LogP contribution in [0.3, 0.4) is 0 Å². The highest BCUT2D eigenvalue weighted by Gasteiger charge is 2.08. The van der Waals surface area contributed by atoms with Gasteiger partial charge in [0, 0.05) is 25.5 Å². The van der Waals surface area contributed by atoms with Crippen molar-refractivity contribution in [2.75, 3.05) is 18.5 Å². The fourth-order valence-electron chi connectivity index (χ4n) is 1.13. The van der Waals surface area contributed by atoms with E-state index in [1.807, 2.05) is 0 Å². The minimum absolute atomic E-state index is 0.284. The van der Waals surface area contributed by atoms with Gasteiger partial charge < -0.3 is 10.6 Å². The number of aromatic nitrogens is 1. The first-order chi connectivity index (χ1) is 6.63. The molecule has 0 amide bonds. The highest BCUT2D eigenvalue weighted by molar-refractivity contribution is 5.45. The summed E-state index contributed by atoms with van der Waals surface area (Å²) in [7, 11) is 1.61. The third-order valence-electron chi connectivity index (χ3n) is 1.86. The van der Waals surface area contributed by atoms with Crippen LogP contribution in [-0.2, 0) is 6.54 Å². The van der Waals surface area contributed by atoms with Gasteiger partial charge in [-0.25, -0.2) is 8.78 Å². The van der Waals surface area contributed by atoms with Gasteiger partial charge >= 0.3 is 0 Å². The minimum Gasteiger partial charge on any atom is -0.369 e. The van der Waals surface area contributed by atoms with Gasteiger partial charge in [-0.1, -0.05) is 0 Å². The van der Waals surface area contributed by atoms with E-state index in [-0.39, 0.29) is 6.54 Å². The Balaban J connectivity index is 2.73. The number of alkyl halides is 2. The Morgan fingerprint density at radius 3 is 2.86 bits per heavy atom. The zero-order valence-electron chi connectivity index (χ0n) is 7.95. The molecule has 0 aliphatic rings. The van der Waals surface area contributed by atoms with Gasteiger partial charge in [-0.05, 0) is 12.1 Å². The van der Waals surface area contributed by atoms with E-state index in [0.29, 0.717) is 17.9 Å². The van der Waals surface area contributed by atoms with E-state index in [9.17, 15) is 8.78 Å². The molecule has 78 valence electrons. The monoisotopic (exact) mass is 201 g/mol. The predicted octanol–water partition coefficient (Wildman–Crippen LogP) is 1.24. The molecular formula is C9H13F2N3. The van der Waals surface area contributed by atoms with E-state index >= 15 is 0 Å². The van der Waals surface area contributed by atoms with Gasteiger partial charge in [-0.15, -0.1) is 0 Å². The van der Waals surface area contributed by atoms with Crippen molar-refractivity contribution in [1.29, 1.82) is 0 Å². The lowest BCUT2D eigenvalue weighted by molar-refractivity contribution is 0.156. The lowest BCUT2D eigenvalue weighted by Crippen LogP contribution is -2.24. The first kappa shape index (κ1) is 10.8. The van der Waals surface area contributed by atoms with Crippen molar-refractivity contribution in [1.82, 2.24) is 4.98 Å². The average Bonchev–Trinajstić information content (AvgIpc) is 2.17. The topological polar surface area (TPSA) is 42.2 Å². The van der Waals surface area contributed by atoms with Crippen LogP contribution in [0.4, 0.5) is 14.5 Å². The molecule has 0 saturated carbocycles. The second-order valence-corrected chi connectivity index (χ2v) is 2.98. The van der Waals surface area contributed by atoms with Gasteiger partial charge in [0.2, 0.25) is 0 Å². The van der Waals surface area contributed by atoms with E-state index < -0.39 is 6.43 Å². The van der Waals surface area contributed by atoms with Crippen molar-refractivity contribution in [3.63, 3.8) is 0 Å². The van der Waals surface area contributed by atoms with Crippen LogP contribution in [0.5, 0.6) is 0 Å². The molecule has 0 unspecified atom stereocenters. The Bertz CT molecular complexity index is 291. The Morgan fingerprint density at radius 2 is 2.29 bits per heavy atom. The lowest BCUT2D eigenvalue weighted by atomic mass is 10.3. The van der Waals surface area contributed by atoms with E-state index in [1.165, 1.54) is 4.90 Å². The van der Waals surface area contributed by atoms with Gasteiger partial charge in [0.25, 0.3) is 6.43 Å². The zero-order valence-corrected chi connectivity index (χ0v) is 7.95. The van der Waals surface area contributed by atoms with Crippen LogP contribution in [0.2, 0.25) is 0 Å². The molecular weight excluding hydrogens is 188 g/mol. The number of anilines is 1. The summed E-state index contributed by atoms with van der Waals surface area (Å²) in [6.45, 7) is 0.0321. The number of rotatable bonds is 4. The molecule has 5 heteroatoms. The van der Waals surface area contributed by atoms with Gasteiger partial charge in [-0.2, -0.15) is 0 Å². The lowest BCUT2D eigenvalue weighted by Gasteiger charge is -2.18. The summed E-state index contributed by atoms with van der Waals surface area (Å²) in [6, 6.07) is 3.39. The quantitative estimate of drug-likeness (QED) is 0.797. The van der Waals surface area contributed by atoms with E-state index in [2.05, 4.69) is 4.98 Å². The second-order valence-electron chi connectivity index (χ2n) is 2.98. The van der Waals surface area contributed by atoms with Crippen LogP contribution in [-0.4, -0.2) is 25.0 Å². The van der Waals surface area contributed by atoms with Gasteiger partial charge in [0.15, 0.2) is 0 Å². The molecule has 0 radical (unpaired) electrons. The summed E-state index contributed by atoms with van der Waals surface area (Å²) in [4.78, 5) is 5.46. The number of nitrogens with zero attached hydrogens (tertiary/aromatic N) is 2. The number of halogens is 2. The first-order valence-corrected chi connectivity index (χ1v) is 4.27. The molecule has 14 heavy (non-hydrogen) atoms. The molecule has 0 atom stereocenters. The smallest absolute Gasteiger partial charge is 0.255 e. The Kier molecular flexibility index (Phi) is 3.76.